The van der Waals surface area contributed by atoms with Gasteiger partial charge in [-0.3, -0.25) is 0 Å². The molecule has 3 aromatic carbocycles. The first-order valence-electron chi connectivity index (χ1n) is 9.47. The Balaban J connectivity index is 1.69. The van der Waals surface area contributed by atoms with Crippen LogP contribution in [0.3, 0.4) is 0 Å². The molecule has 0 saturated carbocycles. The van der Waals surface area contributed by atoms with E-state index in [1.165, 1.54) is 16.7 Å². The van der Waals surface area contributed by atoms with E-state index in [4.69, 9.17) is 0 Å². The van der Waals surface area contributed by atoms with Crippen LogP contribution in [0, 0.1) is 5.92 Å². The van der Waals surface area contributed by atoms with Crippen molar-refractivity contribution in [3.63, 3.8) is 0 Å². The summed E-state index contributed by atoms with van der Waals surface area (Å²) < 4.78 is 0. The van der Waals surface area contributed by atoms with E-state index in [0.717, 1.165) is 18.4 Å². The summed E-state index contributed by atoms with van der Waals surface area (Å²) >= 11 is 0. The molecule has 1 unspecified atom stereocenters. The normalized spacial score (nSPS) is 13.5. The SMILES string of the molecule is CC(C)C(O)(Cc1ccc(CCc2ccccc2)cc1)c1ccccc1. The predicted molar refractivity (Wildman–Crippen MR) is 109 cm³/mol. The van der Waals surface area contributed by atoms with Crippen LogP contribution in [0.5, 0.6) is 0 Å². The van der Waals surface area contributed by atoms with Crippen molar-refractivity contribution in [3.8, 4) is 0 Å². The van der Waals surface area contributed by atoms with Crippen molar-refractivity contribution in [1.82, 2.24) is 0 Å². The molecule has 26 heavy (non-hydrogen) atoms. The Labute approximate surface area is 157 Å². The number of rotatable bonds is 7. The summed E-state index contributed by atoms with van der Waals surface area (Å²) in [4.78, 5) is 0. The van der Waals surface area contributed by atoms with E-state index in [2.05, 4.69) is 68.4 Å². The molecule has 0 aliphatic carbocycles. The third-order valence-corrected chi connectivity index (χ3v) is 5.27. The maximum atomic E-state index is 11.3. The van der Waals surface area contributed by atoms with Crippen LogP contribution in [-0.2, 0) is 24.9 Å². The summed E-state index contributed by atoms with van der Waals surface area (Å²) in [6.45, 7) is 4.17. The minimum absolute atomic E-state index is 0.141. The third kappa shape index (κ3) is 4.42. The Morgan fingerprint density at radius 3 is 1.65 bits per heavy atom. The van der Waals surface area contributed by atoms with Crippen molar-refractivity contribution in [1.29, 1.82) is 0 Å². The third-order valence-electron chi connectivity index (χ3n) is 5.27. The molecule has 1 heteroatoms. The largest absolute Gasteiger partial charge is 0.385 e. The lowest BCUT2D eigenvalue weighted by Gasteiger charge is -2.33. The molecular weight excluding hydrogens is 316 g/mol. The first kappa shape index (κ1) is 18.4. The van der Waals surface area contributed by atoms with E-state index in [-0.39, 0.29) is 5.92 Å². The quantitative estimate of drug-likeness (QED) is 0.595. The standard InChI is InChI=1S/C25H28O/c1-20(2)25(26,24-11-7-4-8-12-24)19-23-17-15-22(16-18-23)14-13-21-9-5-3-6-10-21/h3-12,15-18,20,26H,13-14,19H2,1-2H3. The van der Waals surface area contributed by atoms with Gasteiger partial charge in [0, 0.05) is 6.42 Å². The molecule has 0 aliphatic rings. The van der Waals surface area contributed by atoms with Crippen LogP contribution >= 0.6 is 0 Å². The number of aryl methyl sites for hydroxylation is 2. The van der Waals surface area contributed by atoms with E-state index in [1.807, 2.05) is 30.3 Å². The lowest BCUT2D eigenvalue weighted by atomic mass is 9.78. The summed E-state index contributed by atoms with van der Waals surface area (Å²) in [7, 11) is 0. The number of benzene rings is 3. The number of hydrogen-bond acceptors (Lipinski definition) is 1. The van der Waals surface area contributed by atoms with Crippen LogP contribution < -0.4 is 0 Å². The molecule has 0 aromatic heterocycles. The highest BCUT2D eigenvalue weighted by Crippen LogP contribution is 2.33. The highest BCUT2D eigenvalue weighted by molar-refractivity contribution is 5.30. The molecule has 3 rings (SSSR count). The fraction of sp³-hybridized carbons (Fsp3) is 0.280. The molecule has 0 spiro atoms. The molecule has 0 fully saturated rings. The summed E-state index contributed by atoms with van der Waals surface area (Å²) in [5, 5.41) is 11.3. The molecule has 3 aromatic rings. The maximum Gasteiger partial charge on any atom is 0.0959 e. The first-order chi connectivity index (χ1) is 12.6. The molecule has 0 bridgehead atoms. The fourth-order valence-corrected chi connectivity index (χ4v) is 3.43. The van der Waals surface area contributed by atoms with Crippen molar-refractivity contribution in [2.24, 2.45) is 5.92 Å². The highest BCUT2D eigenvalue weighted by Gasteiger charge is 2.33. The minimum Gasteiger partial charge on any atom is -0.385 e. The Morgan fingerprint density at radius 2 is 1.12 bits per heavy atom. The van der Waals surface area contributed by atoms with Crippen LogP contribution in [0.2, 0.25) is 0 Å². The van der Waals surface area contributed by atoms with Crippen molar-refractivity contribution in [2.75, 3.05) is 0 Å². The zero-order chi connectivity index (χ0) is 18.4. The van der Waals surface area contributed by atoms with Gasteiger partial charge in [-0.1, -0.05) is 98.8 Å². The molecule has 0 saturated heterocycles. The van der Waals surface area contributed by atoms with Crippen LogP contribution in [0.4, 0.5) is 0 Å². The monoisotopic (exact) mass is 344 g/mol. The van der Waals surface area contributed by atoms with Gasteiger partial charge in [0.25, 0.3) is 0 Å². The Morgan fingerprint density at radius 1 is 0.654 bits per heavy atom. The molecule has 0 aliphatic heterocycles. The molecule has 134 valence electrons. The average Bonchev–Trinajstić information content (AvgIpc) is 2.69. The van der Waals surface area contributed by atoms with Gasteiger partial charge >= 0.3 is 0 Å². The van der Waals surface area contributed by atoms with Gasteiger partial charge < -0.3 is 5.11 Å². The molecule has 1 atom stereocenters. The topological polar surface area (TPSA) is 20.2 Å². The number of aliphatic hydroxyl groups is 1. The molecule has 1 N–H and O–H groups in total. The van der Waals surface area contributed by atoms with E-state index < -0.39 is 5.60 Å². The second-order valence-corrected chi connectivity index (χ2v) is 7.42. The Hall–Kier alpha value is -2.38. The minimum atomic E-state index is -0.840. The van der Waals surface area contributed by atoms with Gasteiger partial charge in [-0.2, -0.15) is 0 Å². The Kier molecular flexibility index (Phi) is 5.90. The van der Waals surface area contributed by atoms with Crippen LogP contribution in [0.25, 0.3) is 0 Å². The smallest absolute Gasteiger partial charge is 0.0959 e. The van der Waals surface area contributed by atoms with Crippen LogP contribution in [0.15, 0.2) is 84.9 Å². The van der Waals surface area contributed by atoms with Crippen molar-refractivity contribution < 1.29 is 5.11 Å². The van der Waals surface area contributed by atoms with Crippen molar-refractivity contribution in [2.45, 2.75) is 38.7 Å². The van der Waals surface area contributed by atoms with Crippen LogP contribution in [0.1, 0.15) is 36.1 Å². The van der Waals surface area contributed by atoms with Gasteiger partial charge in [-0.25, -0.2) is 0 Å². The van der Waals surface area contributed by atoms with Crippen molar-refractivity contribution >= 4 is 0 Å². The summed E-state index contributed by atoms with van der Waals surface area (Å²) in [6.07, 6.45) is 2.73. The summed E-state index contributed by atoms with van der Waals surface area (Å²) in [5.41, 5.74) is 4.03. The fourth-order valence-electron chi connectivity index (χ4n) is 3.43. The van der Waals surface area contributed by atoms with E-state index >= 15 is 0 Å². The van der Waals surface area contributed by atoms with Gasteiger partial charge in [0.1, 0.15) is 0 Å². The lowest BCUT2D eigenvalue weighted by Crippen LogP contribution is -2.34. The molecular formula is C25H28O. The molecule has 1 nitrogen and oxygen atoms in total. The second-order valence-electron chi connectivity index (χ2n) is 7.42. The first-order valence-corrected chi connectivity index (χ1v) is 9.47. The molecule has 0 amide bonds. The van der Waals surface area contributed by atoms with Gasteiger partial charge in [-0.15, -0.1) is 0 Å². The molecule has 0 radical (unpaired) electrons. The summed E-state index contributed by atoms with van der Waals surface area (Å²) in [5.74, 6) is 0.141. The van der Waals surface area contributed by atoms with Gasteiger partial charge in [-0.05, 0) is 41.0 Å². The van der Waals surface area contributed by atoms with Gasteiger partial charge in [0.2, 0.25) is 0 Å². The predicted octanol–water partition coefficient (Wildman–Crippen LogP) is 5.56. The highest BCUT2D eigenvalue weighted by atomic mass is 16.3. The lowest BCUT2D eigenvalue weighted by molar-refractivity contribution is -0.00999. The summed E-state index contributed by atoms with van der Waals surface area (Å²) in [6, 6.07) is 29.3. The van der Waals surface area contributed by atoms with Crippen LogP contribution in [-0.4, -0.2) is 5.11 Å². The average molecular weight is 344 g/mol. The van der Waals surface area contributed by atoms with E-state index in [9.17, 15) is 5.11 Å². The number of hydrogen-bond donors (Lipinski definition) is 1. The van der Waals surface area contributed by atoms with E-state index in [0.29, 0.717) is 6.42 Å². The van der Waals surface area contributed by atoms with Gasteiger partial charge in [0.15, 0.2) is 0 Å². The zero-order valence-electron chi connectivity index (χ0n) is 15.7. The van der Waals surface area contributed by atoms with Crippen molar-refractivity contribution in [3.05, 3.63) is 107 Å². The maximum absolute atomic E-state index is 11.3. The van der Waals surface area contributed by atoms with E-state index in [1.54, 1.807) is 0 Å². The van der Waals surface area contributed by atoms with Gasteiger partial charge in [0.05, 0.1) is 5.60 Å². The zero-order valence-corrected chi connectivity index (χ0v) is 15.7. The second kappa shape index (κ2) is 8.33. The Bertz CT molecular complexity index is 791. The molecule has 0 heterocycles.